The van der Waals surface area contributed by atoms with Crippen LogP contribution in [0, 0.1) is 5.92 Å². The molecule has 1 aliphatic rings. The molecule has 1 fully saturated rings. The molecule has 1 aromatic heterocycles. The molecule has 3 heteroatoms. The van der Waals surface area contributed by atoms with Gasteiger partial charge in [-0.1, -0.05) is 0 Å². The average Bonchev–Trinajstić information content (AvgIpc) is 2.30. The molecule has 1 aromatic rings. The number of nitrogens with one attached hydrogen (secondary N) is 1. The highest BCUT2D eigenvalue weighted by Crippen LogP contribution is 2.28. The van der Waals surface area contributed by atoms with Gasteiger partial charge in [-0.25, -0.2) is 0 Å². The first kappa shape index (κ1) is 9.62. The van der Waals surface area contributed by atoms with Crippen molar-refractivity contribution in [3.05, 3.63) is 30.1 Å². The third-order valence-electron chi connectivity index (χ3n) is 3.04. The summed E-state index contributed by atoms with van der Waals surface area (Å²) in [6.07, 6.45) is 4.92. The standard InChI is InChI=1S/C11H17N3/c12-7-10-8-14-6-3-11(10)9-1-4-13-5-2-9/h1-2,4-5,10-11,14H,3,6-8,12H2. The SMILES string of the molecule is NCC1CNCCC1c1ccncc1. The van der Waals surface area contributed by atoms with E-state index in [9.17, 15) is 0 Å². The summed E-state index contributed by atoms with van der Waals surface area (Å²) in [4.78, 5) is 4.04. The van der Waals surface area contributed by atoms with E-state index < -0.39 is 0 Å². The first-order chi connectivity index (χ1) is 6.92. The van der Waals surface area contributed by atoms with Gasteiger partial charge in [0.1, 0.15) is 0 Å². The number of hydrogen-bond donors (Lipinski definition) is 2. The molecule has 14 heavy (non-hydrogen) atoms. The van der Waals surface area contributed by atoms with Crippen molar-refractivity contribution in [1.29, 1.82) is 0 Å². The molecule has 0 bridgehead atoms. The van der Waals surface area contributed by atoms with E-state index in [0.717, 1.165) is 19.6 Å². The number of nitrogens with two attached hydrogens (primary N) is 1. The van der Waals surface area contributed by atoms with Crippen molar-refractivity contribution >= 4 is 0 Å². The molecule has 2 rings (SSSR count). The van der Waals surface area contributed by atoms with E-state index in [2.05, 4.69) is 22.4 Å². The van der Waals surface area contributed by atoms with Crippen LogP contribution >= 0.6 is 0 Å². The van der Waals surface area contributed by atoms with Crippen LogP contribution in [-0.4, -0.2) is 24.6 Å². The molecule has 0 radical (unpaired) electrons. The monoisotopic (exact) mass is 191 g/mol. The molecule has 0 saturated carbocycles. The molecular weight excluding hydrogens is 174 g/mol. The summed E-state index contributed by atoms with van der Waals surface area (Å²) in [5.41, 5.74) is 7.16. The van der Waals surface area contributed by atoms with E-state index >= 15 is 0 Å². The van der Waals surface area contributed by atoms with Crippen LogP contribution in [0.5, 0.6) is 0 Å². The normalized spacial score (nSPS) is 27.5. The van der Waals surface area contributed by atoms with Gasteiger partial charge in [0.05, 0.1) is 0 Å². The molecule has 2 heterocycles. The minimum absolute atomic E-state index is 0.575. The van der Waals surface area contributed by atoms with E-state index in [4.69, 9.17) is 5.73 Å². The van der Waals surface area contributed by atoms with Crippen molar-refractivity contribution in [1.82, 2.24) is 10.3 Å². The molecule has 2 atom stereocenters. The highest BCUT2D eigenvalue weighted by Gasteiger charge is 2.24. The predicted molar refractivity (Wildman–Crippen MR) is 57.0 cm³/mol. The summed E-state index contributed by atoms with van der Waals surface area (Å²) >= 11 is 0. The second-order valence-electron chi connectivity index (χ2n) is 3.88. The maximum absolute atomic E-state index is 5.78. The summed E-state index contributed by atoms with van der Waals surface area (Å²) in [7, 11) is 0. The van der Waals surface area contributed by atoms with Crippen molar-refractivity contribution in [3.63, 3.8) is 0 Å². The molecule has 1 aliphatic heterocycles. The Morgan fingerprint density at radius 2 is 2.21 bits per heavy atom. The fourth-order valence-electron chi connectivity index (χ4n) is 2.22. The Hall–Kier alpha value is -0.930. The summed E-state index contributed by atoms with van der Waals surface area (Å²) in [5.74, 6) is 1.19. The lowest BCUT2D eigenvalue weighted by Gasteiger charge is -2.31. The lowest BCUT2D eigenvalue weighted by Crippen LogP contribution is -2.39. The summed E-state index contributed by atoms with van der Waals surface area (Å²) in [6, 6.07) is 4.22. The molecule has 3 nitrogen and oxygen atoms in total. The second-order valence-corrected chi connectivity index (χ2v) is 3.88. The van der Waals surface area contributed by atoms with Gasteiger partial charge in [-0.3, -0.25) is 4.98 Å². The zero-order valence-corrected chi connectivity index (χ0v) is 8.32. The molecule has 0 amide bonds. The topological polar surface area (TPSA) is 50.9 Å². The van der Waals surface area contributed by atoms with Crippen LogP contribution in [0.3, 0.4) is 0 Å². The lowest BCUT2D eigenvalue weighted by atomic mass is 9.82. The maximum Gasteiger partial charge on any atom is 0.0270 e. The molecule has 2 unspecified atom stereocenters. The smallest absolute Gasteiger partial charge is 0.0270 e. The Bertz CT molecular complexity index is 273. The molecule has 3 N–H and O–H groups in total. The maximum atomic E-state index is 5.78. The van der Waals surface area contributed by atoms with Crippen LogP contribution in [0.4, 0.5) is 0 Å². The van der Waals surface area contributed by atoms with Crippen LogP contribution in [-0.2, 0) is 0 Å². The first-order valence-electron chi connectivity index (χ1n) is 5.22. The lowest BCUT2D eigenvalue weighted by molar-refractivity contribution is 0.333. The number of rotatable bonds is 2. The quantitative estimate of drug-likeness (QED) is 0.724. The second kappa shape index (κ2) is 4.53. The summed E-state index contributed by atoms with van der Waals surface area (Å²) in [5, 5.41) is 3.39. The highest BCUT2D eigenvalue weighted by atomic mass is 14.9. The van der Waals surface area contributed by atoms with Crippen LogP contribution in [0.1, 0.15) is 17.9 Å². The Morgan fingerprint density at radius 3 is 2.93 bits per heavy atom. The van der Waals surface area contributed by atoms with Crippen LogP contribution < -0.4 is 11.1 Å². The molecule has 1 saturated heterocycles. The largest absolute Gasteiger partial charge is 0.330 e. The van der Waals surface area contributed by atoms with Gasteiger partial charge in [-0.15, -0.1) is 0 Å². The zero-order chi connectivity index (χ0) is 9.80. The van der Waals surface area contributed by atoms with Crippen molar-refractivity contribution in [2.24, 2.45) is 11.7 Å². The summed E-state index contributed by atoms with van der Waals surface area (Å²) in [6.45, 7) is 2.91. The average molecular weight is 191 g/mol. The van der Waals surface area contributed by atoms with Gasteiger partial charge in [0.2, 0.25) is 0 Å². The predicted octanol–water partition coefficient (Wildman–Crippen LogP) is 0.733. The number of hydrogen-bond acceptors (Lipinski definition) is 3. The van der Waals surface area contributed by atoms with Gasteiger partial charge in [0.25, 0.3) is 0 Å². The van der Waals surface area contributed by atoms with Gasteiger partial charge in [-0.05, 0) is 55.6 Å². The van der Waals surface area contributed by atoms with Crippen LogP contribution in [0.2, 0.25) is 0 Å². The van der Waals surface area contributed by atoms with Gasteiger partial charge in [0, 0.05) is 12.4 Å². The number of pyridine rings is 1. The fourth-order valence-corrected chi connectivity index (χ4v) is 2.22. The Balaban J connectivity index is 2.15. The summed E-state index contributed by atoms with van der Waals surface area (Å²) < 4.78 is 0. The van der Waals surface area contributed by atoms with Crippen LogP contribution in [0.15, 0.2) is 24.5 Å². The molecule has 0 aromatic carbocycles. The van der Waals surface area contributed by atoms with Gasteiger partial charge in [-0.2, -0.15) is 0 Å². The zero-order valence-electron chi connectivity index (χ0n) is 8.32. The van der Waals surface area contributed by atoms with Gasteiger partial charge >= 0.3 is 0 Å². The number of aromatic nitrogens is 1. The fraction of sp³-hybridized carbons (Fsp3) is 0.545. The van der Waals surface area contributed by atoms with Crippen LogP contribution in [0.25, 0.3) is 0 Å². The number of nitrogens with zero attached hydrogens (tertiary/aromatic N) is 1. The van der Waals surface area contributed by atoms with Crippen molar-refractivity contribution in [2.45, 2.75) is 12.3 Å². The van der Waals surface area contributed by atoms with Crippen molar-refractivity contribution in [2.75, 3.05) is 19.6 Å². The Kier molecular flexibility index (Phi) is 3.11. The Labute approximate surface area is 84.7 Å². The van der Waals surface area contributed by atoms with Gasteiger partial charge in [0.15, 0.2) is 0 Å². The first-order valence-corrected chi connectivity index (χ1v) is 5.22. The third-order valence-corrected chi connectivity index (χ3v) is 3.04. The Morgan fingerprint density at radius 1 is 1.43 bits per heavy atom. The number of piperidine rings is 1. The van der Waals surface area contributed by atoms with Crippen molar-refractivity contribution in [3.8, 4) is 0 Å². The minimum atomic E-state index is 0.575. The molecule has 0 aliphatic carbocycles. The molecular formula is C11H17N3. The van der Waals surface area contributed by atoms with Gasteiger partial charge < -0.3 is 11.1 Å². The van der Waals surface area contributed by atoms with E-state index in [1.807, 2.05) is 12.4 Å². The van der Waals surface area contributed by atoms with Crippen molar-refractivity contribution < 1.29 is 0 Å². The minimum Gasteiger partial charge on any atom is -0.330 e. The van der Waals surface area contributed by atoms with E-state index in [-0.39, 0.29) is 0 Å². The van der Waals surface area contributed by atoms with E-state index in [1.54, 1.807) is 0 Å². The molecule has 76 valence electrons. The van der Waals surface area contributed by atoms with E-state index in [0.29, 0.717) is 11.8 Å². The highest BCUT2D eigenvalue weighted by molar-refractivity contribution is 5.18. The molecule has 0 spiro atoms. The van der Waals surface area contributed by atoms with E-state index in [1.165, 1.54) is 12.0 Å². The third kappa shape index (κ3) is 1.94.